The van der Waals surface area contributed by atoms with Gasteiger partial charge in [0.15, 0.2) is 0 Å². The number of amides is 1. The lowest BCUT2D eigenvalue weighted by atomic mass is 9.54. The number of halogens is 2. The molecule has 1 aromatic heterocycles. The van der Waals surface area contributed by atoms with Crippen molar-refractivity contribution >= 4 is 16.8 Å². The van der Waals surface area contributed by atoms with Gasteiger partial charge >= 0.3 is 0 Å². The number of carbonyl (C=O) groups is 1. The second kappa shape index (κ2) is 8.08. The highest BCUT2D eigenvalue weighted by molar-refractivity contribution is 6.06. The smallest absolute Gasteiger partial charge is 0.253 e. The molecule has 3 nitrogen and oxygen atoms in total. The van der Waals surface area contributed by atoms with Crippen LogP contribution in [0.15, 0.2) is 72.9 Å². The number of nitrogens with one attached hydrogen (secondary N) is 1. The minimum atomic E-state index is -0.368. The van der Waals surface area contributed by atoms with Gasteiger partial charge in [-0.2, -0.15) is 0 Å². The van der Waals surface area contributed by atoms with Crippen molar-refractivity contribution in [1.29, 1.82) is 0 Å². The zero-order valence-electron chi connectivity index (χ0n) is 18.9. The van der Waals surface area contributed by atoms with Crippen molar-refractivity contribution in [2.75, 3.05) is 0 Å². The summed E-state index contributed by atoms with van der Waals surface area (Å²) in [4.78, 5) is 13.1. The van der Waals surface area contributed by atoms with Gasteiger partial charge in [-0.1, -0.05) is 48.9 Å². The Bertz CT molecular complexity index is 1380. The first-order valence-corrected chi connectivity index (χ1v) is 11.9. The number of rotatable bonds is 5. The van der Waals surface area contributed by atoms with E-state index in [1.54, 1.807) is 24.4 Å². The van der Waals surface area contributed by atoms with Crippen molar-refractivity contribution in [2.24, 2.45) is 5.41 Å². The van der Waals surface area contributed by atoms with Gasteiger partial charge in [0.05, 0.1) is 11.1 Å². The van der Waals surface area contributed by atoms with E-state index in [1.165, 1.54) is 31.4 Å². The molecule has 5 heteroatoms. The summed E-state index contributed by atoms with van der Waals surface area (Å²) >= 11 is 0. The van der Waals surface area contributed by atoms with Crippen molar-refractivity contribution in [3.63, 3.8) is 0 Å². The second-order valence-corrected chi connectivity index (χ2v) is 9.91. The van der Waals surface area contributed by atoms with Gasteiger partial charge in [0.2, 0.25) is 0 Å². The molecule has 6 rings (SSSR count). The number of nitrogens with zero attached hydrogens (tertiary/aromatic N) is 1. The molecule has 2 aliphatic carbocycles. The van der Waals surface area contributed by atoms with E-state index in [1.807, 2.05) is 41.0 Å². The average molecular weight is 457 g/mol. The van der Waals surface area contributed by atoms with Gasteiger partial charge in [-0.05, 0) is 66.5 Å². The van der Waals surface area contributed by atoms with E-state index < -0.39 is 0 Å². The Morgan fingerprint density at radius 3 is 2.47 bits per heavy atom. The fraction of sp³-hybridized carbons (Fsp3) is 0.276. The molecule has 2 fully saturated rings. The van der Waals surface area contributed by atoms with Crippen LogP contribution < -0.4 is 5.32 Å². The van der Waals surface area contributed by atoms with Gasteiger partial charge in [0.25, 0.3) is 5.91 Å². The first kappa shape index (κ1) is 21.1. The quantitative estimate of drug-likeness (QED) is 0.356. The number of hydrogen-bond donors (Lipinski definition) is 1. The second-order valence-electron chi connectivity index (χ2n) is 9.91. The fourth-order valence-electron chi connectivity index (χ4n) is 5.75. The van der Waals surface area contributed by atoms with Crippen LogP contribution in [0.5, 0.6) is 0 Å². The number of carbonyl (C=O) groups excluding carboxylic acids is 1. The topological polar surface area (TPSA) is 34.0 Å². The lowest BCUT2D eigenvalue weighted by Crippen LogP contribution is -2.53. The number of aromatic nitrogens is 1. The maximum atomic E-state index is 14.9. The normalized spacial score (nSPS) is 16.9. The molecule has 0 aliphatic heterocycles. The monoisotopic (exact) mass is 456 g/mol. The van der Waals surface area contributed by atoms with Gasteiger partial charge in [-0.25, -0.2) is 8.78 Å². The minimum absolute atomic E-state index is 0.172. The third kappa shape index (κ3) is 3.60. The maximum absolute atomic E-state index is 14.9. The molecule has 34 heavy (non-hydrogen) atoms. The zero-order valence-corrected chi connectivity index (χ0v) is 18.9. The molecule has 1 spiro atoms. The third-order valence-electron chi connectivity index (χ3n) is 7.70. The third-order valence-corrected chi connectivity index (χ3v) is 7.70. The largest absolute Gasteiger partial charge is 0.349 e. The summed E-state index contributed by atoms with van der Waals surface area (Å²) in [5.74, 6) is -0.845. The highest BCUT2D eigenvalue weighted by Gasteiger charge is 2.48. The molecule has 0 atom stereocenters. The molecule has 2 aliphatic rings. The maximum Gasteiger partial charge on any atom is 0.253 e. The molecule has 1 N–H and O–H groups in total. The Balaban J connectivity index is 1.28. The molecular formula is C29H26F2N2O. The van der Waals surface area contributed by atoms with E-state index in [0.717, 1.165) is 24.0 Å². The Labute approximate surface area is 197 Å². The molecule has 0 unspecified atom stereocenters. The lowest BCUT2D eigenvalue weighted by molar-refractivity contribution is -0.000603. The first-order valence-electron chi connectivity index (χ1n) is 11.9. The molecule has 172 valence electrons. The lowest BCUT2D eigenvalue weighted by Gasteiger charge is -2.54. The predicted octanol–water partition coefficient (Wildman–Crippen LogP) is 6.70. The van der Waals surface area contributed by atoms with Crippen molar-refractivity contribution in [3.05, 3.63) is 95.7 Å². The Hall–Kier alpha value is -3.47. The van der Waals surface area contributed by atoms with Crippen molar-refractivity contribution < 1.29 is 13.6 Å². The molecular weight excluding hydrogens is 430 g/mol. The van der Waals surface area contributed by atoms with E-state index in [-0.39, 0.29) is 23.6 Å². The summed E-state index contributed by atoms with van der Waals surface area (Å²) in [6, 6.07) is 19.4. The summed E-state index contributed by atoms with van der Waals surface area (Å²) in [6.45, 7) is 0.339. The van der Waals surface area contributed by atoms with Crippen LogP contribution in [0.3, 0.4) is 0 Å². The number of hydrogen-bond acceptors (Lipinski definition) is 1. The van der Waals surface area contributed by atoms with E-state index in [0.29, 0.717) is 34.0 Å². The van der Waals surface area contributed by atoms with E-state index >= 15 is 0 Å². The van der Waals surface area contributed by atoms with Gasteiger partial charge < -0.3 is 9.88 Å². The molecule has 1 amide bonds. The molecule has 2 saturated carbocycles. The Morgan fingerprint density at radius 2 is 1.76 bits per heavy atom. The highest BCUT2D eigenvalue weighted by atomic mass is 19.1. The van der Waals surface area contributed by atoms with Gasteiger partial charge in [0, 0.05) is 29.7 Å². The van der Waals surface area contributed by atoms with Crippen LogP contribution in [0, 0.1) is 17.0 Å². The molecule has 4 aromatic rings. The van der Waals surface area contributed by atoms with Crippen molar-refractivity contribution in [2.45, 2.75) is 44.7 Å². The molecule has 0 saturated heterocycles. The molecule has 1 heterocycles. The predicted molar refractivity (Wildman–Crippen MR) is 130 cm³/mol. The summed E-state index contributed by atoms with van der Waals surface area (Å²) < 4.78 is 31.3. The Morgan fingerprint density at radius 1 is 0.971 bits per heavy atom. The van der Waals surface area contributed by atoms with Crippen molar-refractivity contribution in [1.82, 2.24) is 9.88 Å². The van der Waals surface area contributed by atoms with Crippen molar-refractivity contribution in [3.8, 4) is 11.1 Å². The molecule has 0 bridgehead atoms. The van der Waals surface area contributed by atoms with Crippen LogP contribution in [0.25, 0.3) is 22.0 Å². The summed E-state index contributed by atoms with van der Waals surface area (Å²) in [6.07, 6.45) is 7.67. The van der Waals surface area contributed by atoms with Crippen LogP contribution in [0.4, 0.5) is 8.78 Å². The number of benzene rings is 3. The first-order chi connectivity index (χ1) is 16.5. The molecule has 0 radical (unpaired) electrons. The average Bonchev–Trinajstić information content (AvgIpc) is 3.20. The van der Waals surface area contributed by atoms with Gasteiger partial charge in [0.1, 0.15) is 11.6 Å². The van der Waals surface area contributed by atoms with Crippen LogP contribution >= 0.6 is 0 Å². The fourth-order valence-corrected chi connectivity index (χ4v) is 5.75. The minimum Gasteiger partial charge on any atom is -0.349 e. The number of fused-ring (bicyclic) bond motifs is 1. The molecule has 3 aromatic carbocycles. The summed E-state index contributed by atoms with van der Waals surface area (Å²) in [5, 5.41) is 3.55. The summed E-state index contributed by atoms with van der Waals surface area (Å²) in [7, 11) is 0. The van der Waals surface area contributed by atoms with E-state index in [9.17, 15) is 13.6 Å². The standard InChI is InChI=1S/C29H26F2N2O/c30-25-10-9-24(28(34)32-21-16-29(17-21)12-4-13-29)27-23(25)11-14-33(27)18-19-7-8-22(26(31)15-19)20-5-2-1-3-6-20/h1-3,5-11,14-15,21H,4,12-13,16-18H2,(H,32,34). The van der Waals surface area contributed by atoms with E-state index in [4.69, 9.17) is 0 Å². The van der Waals surface area contributed by atoms with Crippen LogP contribution in [0.2, 0.25) is 0 Å². The zero-order chi connectivity index (χ0) is 23.3. The summed E-state index contributed by atoms with van der Waals surface area (Å²) in [5.41, 5.74) is 3.57. The Kier molecular flexibility index (Phi) is 5.01. The van der Waals surface area contributed by atoms with Crippen LogP contribution in [0.1, 0.15) is 48.0 Å². The highest BCUT2D eigenvalue weighted by Crippen LogP contribution is 2.55. The van der Waals surface area contributed by atoms with Gasteiger partial charge in [-0.3, -0.25) is 4.79 Å². The van der Waals surface area contributed by atoms with Gasteiger partial charge in [-0.15, -0.1) is 0 Å². The van der Waals surface area contributed by atoms with Crippen LogP contribution in [-0.4, -0.2) is 16.5 Å². The SMILES string of the molecule is O=C(NC1CC2(CCC2)C1)c1ccc(F)c2ccn(Cc3ccc(-c4ccccc4)c(F)c3)c12. The van der Waals surface area contributed by atoms with E-state index in [2.05, 4.69) is 5.32 Å². The van der Waals surface area contributed by atoms with Crippen LogP contribution in [-0.2, 0) is 6.54 Å².